The van der Waals surface area contributed by atoms with Gasteiger partial charge in [0.2, 0.25) is 0 Å². The maximum absolute atomic E-state index is 12.9. The van der Waals surface area contributed by atoms with Crippen LogP contribution in [0.3, 0.4) is 0 Å². The summed E-state index contributed by atoms with van der Waals surface area (Å²) in [7, 11) is 0. The zero-order valence-electron chi connectivity index (χ0n) is 9.27. The fourth-order valence-electron chi connectivity index (χ4n) is 2.73. The maximum Gasteiger partial charge on any atom is 0.103 e. The second kappa shape index (κ2) is 4.18. The summed E-state index contributed by atoms with van der Waals surface area (Å²) in [4.78, 5) is 2.48. The molecular weight excluding hydrogens is 177 g/mol. The van der Waals surface area contributed by atoms with Crippen molar-refractivity contribution in [2.24, 2.45) is 5.41 Å². The predicted octanol–water partition coefficient (Wildman–Crippen LogP) is 3.00. The molecule has 0 radical (unpaired) electrons. The molecule has 2 fully saturated rings. The summed E-state index contributed by atoms with van der Waals surface area (Å²) in [6.07, 6.45) is 6.52. The summed E-state index contributed by atoms with van der Waals surface area (Å²) >= 11 is 0. The van der Waals surface area contributed by atoms with Crippen LogP contribution in [-0.4, -0.2) is 30.7 Å². The largest absolute Gasteiger partial charge is 0.303 e. The van der Waals surface area contributed by atoms with Crippen LogP contribution < -0.4 is 0 Å². The van der Waals surface area contributed by atoms with Crippen molar-refractivity contribution in [1.82, 2.24) is 4.90 Å². The second-order valence-corrected chi connectivity index (χ2v) is 5.20. The van der Waals surface area contributed by atoms with E-state index in [1.165, 1.54) is 32.2 Å². The van der Waals surface area contributed by atoms with Gasteiger partial charge in [0.15, 0.2) is 0 Å². The van der Waals surface area contributed by atoms with Gasteiger partial charge in [-0.15, -0.1) is 0 Å². The Morgan fingerprint density at radius 2 is 1.93 bits per heavy atom. The molecule has 0 amide bonds. The molecule has 1 saturated carbocycles. The van der Waals surface area contributed by atoms with Gasteiger partial charge in [-0.1, -0.05) is 13.3 Å². The van der Waals surface area contributed by atoms with Gasteiger partial charge in [-0.3, -0.25) is 0 Å². The fraction of sp³-hybridized carbons (Fsp3) is 1.00. The number of hydrogen-bond acceptors (Lipinski definition) is 1. The summed E-state index contributed by atoms with van der Waals surface area (Å²) in [6.45, 7) is 5.50. The van der Waals surface area contributed by atoms with E-state index in [0.29, 0.717) is 5.41 Å². The lowest BCUT2D eigenvalue weighted by Gasteiger charge is -2.31. The van der Waals surface area contributed by atoms with Crippen molar-refractivity contribution in [2.45, 2.75) is 51.6 Å². The first kappa shape index (κ1) is 10.4. The Hall–Kier alpha value is -0.110. The summed E-state index contributed by atoms with van der Waals surface area (Å²) < 4.78 is 12.9. The summed E-state index contributed by atoms with van der Waals surface area (Å²) in [5, 5.41) is 0. The third-order valence-corrected chi connectivity index (χ3v) is 3.81. The van der Waals surface area contributed by atoms with E-state index in [-0.39, 0.29) is 0 Å². The highest BCUT2D eigenvalue weighted by Crippen LogP contribution is 2.50. The molecule has 1 aliphatic heterocycles. The molecule has 0 spiro atoms. The SMILES string of the molecule is CCCC1(CN2CCC(F)CC2)CC1. The molecule has 0 unspecified atom stereocenters. The van der Waals surface area contributed by atoms with E-state index in [1.54, 1.807) is 0 Å². The smallest absolute Gasteiger partial charge is 0.103 e. The first-order chi connectivity index (χ1) is 6.74. The maximum atomic E-state index is 12.9. The van der Waals surface area contributed by atoms with Gasteiger partial charge in [0.25, 0.3) is 0 Å². The van der Waals surface area contributed by atoms with Crippen LogP contribution in [0.1, 0.15) is 45.4 Å². The third-order valence-electron chi connectivity index (χ3n) is 3.81. The van der Waals surface area contributed by atoms with Gasteiger partial charge in [-0.25, -0.2) is 4.39 Å². The highest BCUT2D eigenvalue weighted by Gasteiger charge is 2.42. The van der Waals surface area contributed by atoms with E-state index >= 15 is 0 Å². The lowest BCUT2D eigenvalue weighted by atomic mass is 9.98. The van der Waals surface area contributed by atoms with Gasteiger partial charge >= 0.3 is 0 Å². The minimum absolute atomic E-state index is 0.521. The molecule has 0 bridgehead atoms. The van der Waals surface area contributed by atoms with Gasteiger partial charge in [-0.05, 0) is 37.5 Å². The highest BCUT2D eigenvalue weighted by atomic mass is 19.1. The standard InChI is InChI=1S/C12H22FN/c1-2-5-12(6-7-12)10-14-8-3-11(13)4-9-14/h11H,2-10H2,1H3. The van der Waals surface area contributed by atoms with E-state index in [0.717, 1.165) is 25.9 Å². The number of piperidine rings is 1. The Morgan fingerprint density at radius 3 is 2.43 bits per heavy atom. The quantitative estimate of drug-likeness (QED) is 0.672. The van der Waals surface area contributed by atoms with Crippen molar-refractivity contribution >= 4 is 0 Å². The molecule has 1 aliphatic carbocycles. The van der Waals surface area contributed by atoms with Crippen LogP contribution in [0.15, 0.2) is 0 Å². The van der Waals surface area contributed by atoms with Crippen molar-refractivity contribution in [3.05, 3.63) is 0 Å². The van der Waals surface area contributed by atoms with Crippen LogP contribution >= 0.6 is 0 Å². The minimum atomic E-state index is -0.521. The summed E-state index contributed by atoms with van der Waals surface area (Å²) in [6, 6.07) is 0. The molecule has 0 atom stereocenters. The average Bonchev–Trinajstić information content (AvgIpc) is 2.90. The van der Waals surface area contributed by atoms with Gasteiger partial charge < -0.3 is 4.90 Å². The van der Waals surface area contributed by atoms with Crippen LogP contribution in [0.25, 0.3) is 0 Å². The molecule has 14 heavy (non-hydrogen) atoms. The first-order valence-corrected chi connectivity index (χ1v) is 6.10. The molecule has 0 aromatic rings. The van der Waals surface area contributed by atoms with Crippen LogP contribution in [0.2, 0.25) is 0 Å². The van der Waals surface area contributed by atoms with Gasteiger partial charge in [-0.2, -0.15) is 0 Å². The van der Waals surface area contributed by atoms with Crippen molar-refractivity contribution < 1.29 is 4.39 Å². The number of alkyl halides is 1. The summed E-state index contributed by atoms with van der Waals surface area (Å²) in [5.41, 5.74) is 0.651. The Morgan fingerprint density at radius 1 is 1.29 bits per heavy atom. The zero-order valence-corrected chi connectivity index (χ0v) is 9.27. The van der Waals surface area contributed by atoms with Crippen LogP contribution in [0.4, 0.5) is 4.39 Å². The molecule has 2 aliphatic rings. The van der Waals surface area contributed by atoms with E-state index in [9.17, 15) is 4.39 Å². The van der Waals surface area contributed by atoms with Gasteiger partial charge in [0, 0.05) is 19.6 Å². The molecule has 1 nitrogen and oxygen atoms in total. The normalized spacial score (nSPS) is 27.9. The van der Waals surface area contributed by atoms with Crippen LogP contribution in [-0.2, 0) is 0 Å². The van der Waals surface area contributed by atoms with Crippen molar-refractivity contribution in [3.8, 4) is 0 Å². The minimum Gasteiger partial charge on any atom is -0.303 e. The van der Waals surface area contributed by atoms with Crippen molar-refractivity contribution in [2.75, 3.05) is 19.6 Å². The summed E-state index contributed by atoms with van der Waals surface area (Å²) in [5.74, 6) is 0. The number of hydrogen-bond donors (Lipinski definition) is 0. The lowest BCUT2D eigenvalue weighted by molar-refractivity contribution is 0.126. The third kappa shape index (κ3) is 2.47. The van der Waals surface area contributed by atoms with Crippen molar-refractivity contribution in [1.29, 1.82) is 0 Å². The van der Waals surface area contributed by atoms with Gasteiger partial charge in [0.05, 0.1) is 0 Å². The van der Waals surface area contributed by atoms with Crippen LogP contribution in [0.5, 0.6) is 0 Å². The predicted molar refractivity (Wildman–Crippen MR) is 57.1 cm³/mol. The van der Waals surface area contributed by atoms with Crippen molar-refractivity contribution in [3.63, 3.8) is 0 Å². The molecular formula is C12H22FN. The van der Waals surface area contributed by atoms with E-state index in [1.807, 2.05) is 0 Å². The highest BCUT2D eigenvalue weighted by molar-refractivity contribution is 4.95. The Balaban J connectivity index is 1.75. The first-order valence-electron chi connectivity index (χ1n) is 6.10. The topological polar surface area (TPSA) is 3.24 Å². The number of halogens is 1. The molecule has 2 heteroatoms. The Kier molecular flexibility index (Phi) is 3.10. The number of likely N-dealkylation sites (tertiary alicyclic amines) is 1. The molecule has 82 valence electrons. The lowest BCUT2D eigenvalue weighted by Crippen LogP contribution is -2.38. The van der Waals surface area contributed by atoms with E-state index in [4.69, 9.17) is 0 Å². The van der Waals surface area contributed by atoms with Gasteiger partial charge in [0.1, 0.15) is 6.17 Å². The average molecular weight is 199 g/mol. The number of nitrogens with zero attached hydrogens (tertiary/aromatic N) is 1. The zero-order chi connectivity index (χ0) is 10.0. The number of rotatable bonds is 4. The fourth-order valence-corrected chi connectivity index (χ4v) is 2.73. The molecule has 0 N–H and O–H groups in total. The molecule has 0 aromatic heterocycles. The Labute approximate surface area is 86.7 Å². The molecule has 2 rings (SSSR count). The second-order valence-electron chi connectivity index (χ2n) is 5.20. The van der Waals surface area contributed by atoms with E-state index < -0.39 is 6.17 Å². The monoisotopic (exact) mass is 199 g/mol. The molecule has 0 aromatic carbocycles. The Bertz CT molecular complexity index is 181. The van der Waals surface area contributed by atoms with Crippen LogP contribution in [0, 0.1) is 5.41 Å². The van der Waals surface area contributed by atoms with E-state index in [2.05, 4.69) is 11.8 Å². The molecule has 1 heterocycles. The molecule has 1 saturated heterocycles.